The molecule has 94 valence electrons. The van der Waals surface area contributed by atoms with Crippen molar-refractivity contribution in [3.63, 3.8) is 0 Å². The SMILES string of the molecule is Cc1cc(C)cc(NCCc2ccccc2C)c1. The number of nitrogens with one attached hydrogen (secondary N) is 1. The lowest BCUT2D eigenvalue weighted by Crippen LogP contribution is -2.06. The highest BCUT2D eigenvalue weighted by atomic mass is 14.9. The maximum atomic E-state index is 3.50. The van der Waals surface area contributed by atoms with Crippen LogP contribution in [0.2, 0.25) is 0 Å². The van der Waals surface area contributed by atoms with E-state index in [1.165, 1.54) is 27.9 Å². The van der Waals surface area contributed by atoms with Crippen molar-refractivity contribution in [2.75, 3.05) is 11.9 Å². The van der Waals surface area contributed by atoms with E-state index in [4.69, 9.17) is 0 Å². The molecule has 2 aromatic rings. The van der Waals surface area contributed by atoms with E-state index >= 15 is 0 Å². The van der Waals surface area contributed by atoms with Crippen LogP contribution >= 0.6 is 0 Å². The number of hydrogen-bond acceptors (Lipinski definition) is 1. The molecule has 1 nitrogen and oxygen atoms in total. The van der Waals surface area contributed by atoms with E-state index in [1.54, 1.807) is 0 Å². The van der Waals surface area contributed by atoms with E-state index in [1.807, 2.05) is 0 Å². The van der Waals surface area contributed by atoms with Gasteiger partial charge in [0.2, 0.25) is 0 Å². The lowest BCUT2D eigenvalue weighted by molar-refractivity contribution is 1.00. The zero-order valence-electron chi connectivity index (χ0n) is 11.5. The average Bonchev–Trinajstić information content (AvgIpc) is 2.30. The summed E-state index contributed by atoms with van der Waals surface area (Å²) in [7, 11) is 0. The molecule has 0 fully saturated rings. The van der Waals surface area contributed by atoms with Crippen molar-refractivity contribution >= 4 is 5.69 Å². The molecule has 2 aromatic carbocycles. The van der Waals surface area contributed by atoms with Crippen LogP contribution in [0.1, 0.15) is 22.3 Å². The second-order valence-electron chi connectivity index (χ2n) is 4.98. The Hall–Kier alpha value is -1.76. The molecule has 1 heteroatoms. The van der Waals surface area contributed by atoms with Crippen LogP contribution < -0.4 is 5.32 Å². The average molecular weight is 239 g/mol. The van der Waals surface area contributed by atoms with E-state index in [0.29, 0.717) is 0 Å². The Morgan fingerprint density at radius 3 is 2.22 bits per heavy atom. The number of aryl methyl sites for hydroxylation is 3. The third-order valence-electron chi connectivity index (χ3n) is 3.21. The second kappa shape index (κ2) is 5.72. The van der Waals surface area contributed by atoms with Crippen LogP contribution in [0.25, 0.3) is 0 Å². The minimum atomic E-state index is 0.980. The van der Waals surface area contributed by atoms with Crippen LogP contribution in [0.4, 0.5) is 5.69 Å². The maximum absolute atomic E-state index is 3.50. The van der Waals surface area contributed by atoms with Gasteiger partial charge in [0, 0.05) is 12.2 Å². The summed E-state index contributed by atoms with van der Waals surface area (Å²) in [6.45, 7) is 7.43. The maximum Gasteiger partial charge on any atom is 0.0345 e. The standard InChI is InChI=1S/C17H21N/c1-13-10-14(2)12-17(11-13)18-9-8-16-7-5-4-6-15(16)3/h4-7,10-12,18H,8-9H2,1-3H3. The normalized spacial score (nSPS) is 10.4. The topological polar surface area (TPSA) is 12.0 Å². The third kappa shape index (κ3) is 3.36. The van der Waals surface area contributed by atoms with Crippen LogP contribution in [-0.4, -0.2) is 6.54 Å². The zero-order valence-corrected chi connectivity index (χ0v) is 11.5. The summed E-state index contributed by atoms with van der Waals surface area (Å²) in [5.41, 5.74) is 6.65. The molecule has 0 amide bonds. The first-order valence-electron chi connectivity index (χ1n) is 6.52. The lowest BCUT2D eigenvalue weighted by atomic mass is 10.1. The van der Waals surface area contributed by atoms with E-state index in [9.17, 15) is 0 Å². The largest absolute Gasteiger partial charge is 0.385 e. The van der Waals surface area contributed by atoms with Gasteiger partial charge in [-0.15, -0.1) is 0 Å². The summed E-state index contributed by atoms with van der Waals surface area (Å²) in [6, 6.07) is 15.2. The van der Waals surface area contributed by atoms with Gasteiger partial charge in [-0.3, -0.25) is 0 Å². The number of anilines is 1. The molecule has 1 N–H and O–H groups in total. The first-order valence-corrected chi connectivity index (χ1v) is 6.52. The van der Waals surface area contributed by atoms with Crippen LogP contribution in [-0.2, 0) is 6.42 Å². The molecule has 0 heterocycles. The molecule has 0 unspecified atom stereocenters. The molecule has 0 spiro atoms. The fourth-order valence-corrected chi connectivity index (χ4v) is 2.31. The summed E-state index contributed by atoms with van der Waals surface area (Å²) in [5.74, 6) is 0. The number of rotatable bonds is 4. The Bertz CT molecular complexity index is 509. The van der Waals surface area contributed by atoms with Crippen molar-refractivity contribution in [1.29, 1.82) is 0 Å². The van der Waals surface area contributed by atoms with Crippen LogP contribution in [0.3, 0.4) is 0 Å². The van der Waals surface area contributed by atoms with Gasteiger partial charge < -0.3 is 5.32 Å². The van der Waals surface area contributed by atoms with Gasteiger partial charge in [0.15, 0.2) is 0 Å². The van der Waals surface area contributed by atoms with E-state index < -0.39 is 0 Å². The fraction of sp³-hybridized carbons (Fsp3) is 0.294. The fourth-order valence-electron chi connectivity index (χ4n) is 2.31. The van der Waals surface area contributed by atoms with Gasteiger partial charge in [-0.05, 0) is 61.6 Å². The molecular formula is C17H21N. The van der Waals surface area contributed by atoms with Gasteiger partial charge in [-0.25, -0.2) is 0 Å². The van der Waals surface area contributed by atoms with Crippen molar-refractivity contribution in [1.82, 2.24) is 0 Å². The van der Waals surface area contributed by atoms with Crippen molar-refractivity contribution in [3.8, 4) is 0 Å². The summed E-state index contributed by atoms with van der Waals surface area (Å²) >= 11 is 0. The highest BCUT2D eigenvalue weighted by molar-refractivity contribution is 5.48. The molecular weight excluding hydrogens is 218 g/mol. The smallest absolute Gasteiger partial charge is 0.0345 e. The second-order valence-corrected chi connectivity index (χ2v) is 4.98. The van der Waals surface area contributed by atoms with Crippen LogP contribution in [0.15, 0.2) is 42.5 Å². The Morgan fingerprint density at radius 2 is 1.56 bits per heavy atom. The monoisotopic (exact) mass is 239 g/mol. The molecule has 18 heavy (non-hydrogen) atoms. The molecule has 2 rings (SSSR count). The van der Waals surface area contributed by atoms with Crippen molar-refractivity contribution in [3.05, 3.63) is 64.7 Å². The summed E-state index contributed by atoms with van der Waals surface area (Å²) in [6.07, 6.45) is 1.07. The molecule has 0 aliphatic rings. The van der Waals surface area contributed by atoms with Crippen molar-refractivity contribution < 1.29 is 0 Å². The lowest BCUT2D eigenvalue weighted by Gasteiger charge is -2.10. The molecule has 0 radical (unpaired) electrons. The Balaban J connectivity index is 1.94. The Labute approximate surface area is 110 Å². The minimum Gasteiger partial charge on any atom is -0.385 e. The van der Waals surface area contributed by atoms with Gasteiger partial charge >= 0.3 is 0 Å². The Morgan fingerprint density at radius 1 is 0.889 bits per heavy atom. The van der Waals surface area contributed by atoms with E-state index in [0.717, 1.165) is 13.0 Å². The van der Waals surface area contributed by atoms with Gasteiger partial charge in [0.25, 0.3) is 0 Å². The molecule has 0 aromatic heterocycles. The predicted octanol–water partition coefficient (Wildman–Crippen LogP) is 4.27. The summed E-state index contributed by atoms with van der Waals surface area (Å²) in [4.78, 5) is 0. The quantitative estimate of drug-likeness (QED) is 0.840. The zero-order chi connectivity index (χ0) is 13.0. The van der Waals surface area contributed by atoms with Crippen LogP contribution in [0, 0.1) is 20.8 Å². The predicted molar refractivity (Wildman–Crippen MR) is 79.3 cm³/mol. The molecule has 0 atom stereocenters. The van der Waals surface area contributed by atoms with E-state index in [-0.39, 0.29) is 0 Å². The Kier molecular flexibility index (Phi) is 4.03. The highest BCUT2D eigenvalue weighted by Crippen LogP contribution is 2.14. The molecule has 0 saturated heterocycles. The minimum absolute atomic E-state index is 0.980. The summed E-state index contributed by atoms with van der Waals surface area (Å²) in [5, 5.41) is 3.50. The third-order valence-corrected chi connectivity index (χ3v) is 3.21. The molecule has 0 aliphatic carbocycles. The van der Waals surface area contributed by atoms with Gasteiger partial charge in [-0.1, -0.05) is 30.3 Å². The van der Waals surface area contributed by atoms with E-state index in [2.05, 4.69) is 68.6 Å². The highest BCUT2D eigenvalue weighted by Gasteiger charge is 1.98. The van der Waals surface area contributed by atoms with Gasteiger partial charge in [0.05, 0.1) is 0 Å². The summed E-state index contributed by atoms with van der Waals surface area (Å²) < 4.78 is 0. The van der Waals surface area contributed by atoms with Gasteiger partial charge in [0.1, 0.15) is 0 Å². The van der Waals surface area contributed by atoms with Crippen molar-refractivity contribution in [2.24, 2.45) is 0 Å². The van der Waals surface area contributed by atoms with Crippen molar-refractivity contribution in [2.45, 2.75) is 27.2 Å². The first kappa shape index (κ1) is 12.7. The first-order chi connectivity index (χ1) is 8.65. The number of hydrogen-bond donors (Lipinski definition) is 1. The van der Waals surface area contributed by atoms with Crippen LogP contribution in [0.5, 0.6) is 0 Å². The number of benzene rings is 2. The molecule has 0 aliphatic heterocycles. The molecule has 0 bridgehead atoms. The van der Waals surface area contributed by atoms with Gasteiger partial charge in [-0.2, -0.15) is 0 Å². The molecule has 0 saturated carbocycles.